The maximum absolute atomic E-state index is 11.5. The number of rotatable bonds is 0. The Hall–Kier alpha value is 0.490. The van der Waals surface area contributed by atoms with Crippen molar-refractivity contribution in [2.45, 2.75) is 19.3 Å². The molecule has 0 amide bonds. The highest BCUT2D eigenvalue weighted by molar-refractivity contribution is 7.92. The van der Waals surface area contributed by atoms with Gasteiger partial charge in [-0.25, -0.2) is 4.21 Å². The van der Waals surface area contributed by atoms with Gasteiger partial charge in [0.05, 0.1) is 0 Å². The lowest BCUT2D eigenvalue weighted by atomic mass is 9.80. The minimum atomic E-state index is -2.19. The number of halogens is 2. The molecule has 2 fully saturated rings. The molecule has 0 bridgehead atoms. The first kappa shape index (κ1) is 14.5. The normalized spacial score (nSPS) is 41.4. The summed E-state index contributed by atoms with van der Waals surface area (Å²) in [7, 11) is -2.19. The number of piperidine rings is 1. The van der Waals surface area contributed by atoms with Crippen LogP contribution in [0, 0.1) is 10.2 Å². The second kappa shape index (κ2) is 5.01. The van der Waals surface area contributed by atoms with Crippen LogP contribution in [0.25, 0.3) is 0 Å². The largest absolute Gasteiger partial charge is 0.316 e. The van der Waals surface area contributed by atoms with Crippen LogP contribution in [0.2, 0.25) is 0 Å². The predicted octanol–water partition coefficient (Wildman–Crippen LogP) is 1.65. The van der Waals surface area contributed by atoms with E-state index in [-0.39, 0.29) is 30.2 Å². The molecular weight excluding hydrogens is 243 g/mol. The van der Waals surface area contributed by atoms with E-state index >= 15 is 0 Å². The molecule has 2 saturated heterocycles. The summed E-state index contributed by atoms with van der Waals surface area (Å²) in [5.74, 6) is 1.28. The summed E-state index contributed by atoms with van der Waals surface area (Å²) in [6.45, 7) is 2.09. The van der Waals surface area contributed by atoms with Gasteiger partial charge >= 0.3 is 0 Å². The quantitative estimate of drug-likeness (QED) is 0.696. The maximum Gasteiger partial charge on any atom is 0.0447 e. The SMILES string of the molecule is Cl.Cl.N=S1(=O)CCC2(CCCNC2)C1. The molecule has 0 aromatic rings. The van der Waals surface area contributed by atoms with Gasteiger partial charge in [0.25, 0.3) is 0 Å². The van der Waals surface area contributed by atoms with Crippen molar-refractivity contribution in [2.75, 3.05) is 24.6 Å². The van der Waals surface area contributed by atoms with Crippen molar-refractivity contribution in [1.29, 1.82) is 4.78 Å². The Morgan fingerprint density at radius 3 is 2.43 bits per heavy atom. The van der Waals surface area contributed by atoms with Crippen molar-refractivity contribution < 1.29 is 4.21 Å². The average molecular weight is 261 g/mol. The molecule has 1 spiro atoms. The topological polar surface area (TPSA) is 53.0 Å². The zero-order chi connectivity index (χ0) is 8.66. The Labute approximate surface area is 98.2 Å². The van der Waals surface area contributed by atoms with E-state index in [9.17, 15) is 4.21 Å². The Balaban J connectivity index is 0.000000845. The summed E-state index contributed by atoms with van der Waals surface area (Å²) in [4.78, 5) is 0. The first-order valence-corrected chi connectivity index (χ1v) is 6.47. The Morgan fingerprint density at radius 2 is 2.00 bits per heavy atom. The molecule has 0 aromatic heterocycles. The smallest absolute Gasteiger partial charge is 0.0447 e. The van der Waals surface area contributed by atoms with E-state index in [1.165, 1.54) is 12.8 Å². The molecule has 2 heterocycles. The molecule has 2 unspecified atom stereocenters. The van der Waals surface area contributed by atoms with Gasteiger partial charge in [-0.1, -0.05) is 0 Å². The molecule has 2 aliphatic heterocycles. The zero-order valence-electron chi connectivity index (χ0n) is 8.08. The van der Waals surface area contributed by atoms with E-state index in [2.05, 4.69) is 5.32 Å². The van der Waals surface area contributed by atoms with Gasteiger partial charge in [-0.05, 0) is 31.2 Å². The molecule has 2 aliphatic rings. The Kier molecular flexibility index (Phi) is 5.19. The Bertz CT molecular complexity index is 273. The minimum Gasteiger partial charge on any atom is -0.316 e. The third-order valence-electron chi connectivity index (χ3n) is 3.06. The molecule has 0 radical (unpaired) electrons. The molecular formula is C8H18Cl2N2OS. The monoisotopic (exact) mass is 260 g/mol. The van der Waals surface area contributed by atoms with Crippen molar-refractivity contribution in [1.82, 2.24) is 5.32 Å². The fourth-order valence-corrected chi connectivity index (χ4v) is 4.67. The lowest BCUT2D eigenvalue weighted by molar-refractivity contribution is 0.245. The summed E-state index contributed by atoms with van der Waals surface area (Å²) in [6, 6.07) is 0. The molecule has 2 N–H and O–H groups in total. The van der Waals surface area contributed by atoms with E-state index in [0.717, 1.165) is 19.5 Å². The van der Waals surface area contributed by atoms with Crippen LogP contribution in [-0.4, -0.2) is 28.8 Å². The molecule has 14 heavy (non-hydrogen) atoms. The van der Waals surface area contributed by atoms with E-state index in [4.69, 9.17) is 4.78 Å². The number of nitrogens with one attached hydrogen (secondary N) is 2. The minimum absolute atomic E-state index is 0. The lowest BCUT2D eigenvalue weighted by Crippen LogP contribution is -2.40. The van der Waals surface area contributed by atoms with Gasteiger partial charge in [0.2, 0.25) is 0 Å². The maximum atomic E-state index is 11.5. The van der Waals surface area contributed by atoms with Crippen LogP contribution >= 0.6 is 24.8 Å². The highest BCUT2D eigenvalue weighted by Crippen LogP contribution is 2.37. The average Bonchev–Trinajstić information content (AvgIpc) is 2.29. The molecule has 0 saturated carbocycles. The van der Waals surface area contributed by atoms with Gasteiger partial charge in [-0.2, -0.15) is 0 Å². The summed E-state index contributed by atoms with van der Waals surface area (Å²) in [6.07, 6.45) is 3.37. The van der Waals surface area contributed by atoms with Crippen LogP contribution in [0.15, 0.2) is 0 Å². The number of hydrogen-bond donors (Lipinski definition) is 2. The summed E-state index contributed by atoms with van der Waals surface area (Å²) in [5.41, 5.74) is 0.233. The molecule has 2 rings (SSSR count). The summed E-state index contributed by atoms with van der Waals surface area (Å²) >= 11 is 0. The highest BCUT2D eigenvalue weighted by Gasteiger charge is 2.40. The number of hydrogen-bond acceptors (Lipinski definition) is 3. The zero-order valence-corrected chi connectivity index (χ0v) is 10.5. The van der Waals surface area contributed by atoms with Crippen LogP contribution in [0.4, 0.5) is 0 Å². The lowest BCUT2D eigenvalue weighted by Gasteiger charge is -2.32. The van der Waals surface area contributed by atoms with Gasteiger partial charge in [0, 0.05) is 27.8 Å². The van der Waals surface area contributed by atoms with Gasteiger partial charge in [-0.15, -0.1) is 24.8 Å². The van der Waals surface area contributed by atoms with E-state index in [1.807, 2.05) is 0 Å². The van der Waals surface area contributed by atoms with Crippen molar-refractivity contribution in [3.05, 3.63) is 0 Å². The van der Waals surface area contributed by atoms with Gasteiger partial charge in [0.1, 0.15) is 0 Å². The van der Waals surface area contributed by atoms with Crippen LogP contribution in [-0.2, 0) is 9.73 Å². The summed E-state index contributed by atoms with van der Waals surface area (Å²) < 4.78 is 19.0. The second-order valence-electron chi connectivity index (χ2n) is 4.19. The van der Waals surface area contributed by atoms with Crippen LogP contribution < -0.4 is 5.32 Å². The molecule has 86 valence electrons. The van der Waals surface area contributed by atoms with Crippen molar-refractivity contribution in [3.63, 3.8) is 0 Å². The van der Waals surface area contributed by atoms with Crippen LogP contribution in [0.3, 0.4) is 0 Å². The van der Waals surface area contributed by atoms with Gasteiger partial charge in [-0.3, -0.25) is 4.78 Å². The van der Waals surface area contributed by atoms with Crippen LogP contribution in [0.5, 0.6) is 0 Å². The molecule has 0 aliphatic carbocycles. The fourth-order valence-electron chi connectivity index (χ4n) is 2.39. The Morgan fingerprint density at radius 1 is 1.29 bits per heavy atom. The van der Waals surface area contributed by atoms with E-state index in [1.54, 1.807) is 0 Å². The first-order chi connectivity index (χ1) is 5.62. The standard InChI is InChI=1S/C8H16N2OS.2ClH/c9-12(11)5-3-8(7-12)2-1-4-10-6-8;;/h9-10H,1-7H2;2*1H. The highest BCUT2D eigenvalue weighted by atomic mass is 35.5. The third-order valence-corrected chi connectivity index (χ3v) is 5.00. The molecule has 3 nitrogen and oxygen atoms in total. The van der Waals surface area contributed by atoms with Crippen LogP contribution in [0.1, 0.15) is 19.3 Å². The second-order valence-corrected chi connectivity index (χ2v) is 6.51. The molecule has 0 aromatic carbocycles. The van der Waals surface area contributed by atoms with Crippen molar-refractivity contribution in [2.24, 2.45) is 5.41 Å². The van der Waals surface area contributed by atoms with E-state index < -0.39 is 9.73 Å². The first-order valence-electron chi connectivity index (χ1n) is 4.57. The summed E-state index contributed by atoms with van der Waals surface area (Å²) in [5, 5.41) is 3.35. The fraction of sp³-hybridized carbons (Fsp3) is 1.00. The molecule has 6 heteroatoms. The van der Waals surface area contributed by atoms with Crippen molar-refractivity contribution in [3.8, 4) is 0 Å². The van der Waals surface area contributed by atoms with Gasteiger partial charge in [0.15, 0.2) is 0 Å². The van der Waals surface area contributed by atoms with E-state index in [0.29, 0.717) is 11.5 Å². The van der Waals surface area contributed by atoms with Crippen molar-refractivity contribution >= 4 is 34.5 Å². The third kappa shape index (κ3) is 2.99. The van der Waals surface area contributed by atoms with Gasteiger partial charge < -0.3 is 5.32 Å². The molecule has 2 atom stereocenters. The predicted molar refractivity (Wildman–Crippen MR) is 64.2 cm³/mol.